The zero-order valence-corrected chi connectivity index (χ0v) is 13.1. The fourth-order valence-electron chi connectivity index (χ4n) is 2.27. The summed E-state index contributed by atoms with van der Waals surface area (Å²) in [6.45, 7) is 0. The first-order chi connectivity index (χ1) is 9.58. The number of carboxylic acid groups (broad SMARTS) is 1. The number of hydrogen-bond donors (Lipinski definition) is 1. The summed E-state index contributed by atoms with van der Waals surface area (Å²) in [5.41, 5.74) is 0.0347. The Morgan fingerprint density at radius 1 is 1.19 bits per heavy atom. The first kappa shape index (κ1) is 15.4. The van der Waals surface area contributed by atoms with Crippen LogP contribution in [0.5, 0.6) is 0 Å². The van der Waals surface area contributed by atoms with Gasteiger partial charge in [0.2, 0.25) is 0 Å². The molecule has 0 atom stereocenters. The summed E-state index contributed by atoms with van der Waals surface area (Å²) >= 11 is 0. The Bertz CT molecular complexity index is 885. The fourth-order valence-corrected chi connectivity index (χ4v) is 2.27. The molecule has 0 radical (unpaired) electrons. The second-order valence-corrected chi connectivity index (χ2v) is 4.32. The molecule has 0 unspecified atom stereocenters. The monoisotopic (exact) mass is 292 g/mol. The molecule has 3 rings (SSSR count). The van der Waals surface area contributed by atoms with Gasteiger partial charge in [-0.1, -0.05) is 6.07 Å². The number of rotatable bonds is 2. The van der Waals surface area contributed by atoms with E-state index >= 15 is 0 Å². The second kappa shape index (κ2) is 5.77. The van der Waals surface area contributed by atoms with Crippen molar-refractivity contribution in [3.8, 4) is 0 Å². The van der Waals surface area contributed by atoms with E-state index in [4.69, 9.17) is 5.11 Å². The molecule has 0 saturated heterocycles. The molecule has 0 spiro atoms. The van der Waals surface area contributed by atoms with Crippen LogP contribution >= 0.6 is 0 Å². The van der Waals surface area contributed by atoms with Gasteiger partial charge in [-0.2, -0.15) is 0 Å². The molecule has 0 aliphatic rings. The van der Waals surface area contributed by atoms with E-state index in [2.05, 4.69) is 4.98 Å². The SMILES string of the molecule is O=C(O)c1ccc2c(c1)cc([N+](=O)[O-])c1ccncc12.[H-].[Na+]. The number of carbonyl (C=O) groups is 1. The molecular weight excluding hydrogens is 283 g/mol. The van der Waals surface area contributed by atoms with Crippen molar-refractivity contribution in [3.63, 3.8) is 0 Å². The van der Waals surface area contributed by atoms with Crippen LogP contribution in [-0.2, 0) is 0 Å². The maximum absolute atomic E-state index is 11.1. The van der Waals surface area contributed by atoms with Crippen molar-refractivity contribution in [3.05, 3.63) is 58.4 Å². The van der Waals surface area contributed by atoms with Gasteiger partial charge < -0.3 is 6.53 Å². The van der Waals surface area contributed by atoms with Gasteiger partial charge in [-0.05, 0) is 29.0 Å². The molecule has 2 aromatic carbocycles. The summed E-state index contributed by atoms with van der Waals surface area (Å²) in [5.74, 6) is -1.07. The van der Waals surface area contributed by atoms with Gasteiger partial charge in [0.15, 0.2) is 0 Å². The number of hydrogen-bond acceptors (Lipinski definition) is 4. The zero-order valence-electron chi connectivity index (χ0n) is 12.1. The molecule has 0 saturated carbocycles. The number of nitro benzene ring substituents is 1. The summed E-state index contributed by atoms with van der Waals surface area (Å²) in [5, 5.41) is 22.5. The van der Waals surface area contributed by atoms with Crippen molar-refractivity contribution >= 4 is 33.2 Å². The fraction of sp³-hybridized carbons (Fsp3) is 0. The van der Waals surface area contributed by atoms with Crippen LogP contribution in [0.4, 0.5) is 5.69 Å². The van der Waals surface area contributed by atoms with Crippen molar-refractivity contribution in [2.75, 3.05) is 0 Å². The van der Waals surface area contributed by atoms with Gasteiger partial charge in [0, 0.05) is 23.8 Å². The topological polar surface area (TPSA) is 93.3 Å². The Labute approximate surface area is 142 Å². The van der Waals surface area contributed by atoms with Crippen molar-refractivity contribution in [1.29, 1.82) is 0 Å². The minimum atomic E-state index is -1.07. The molecule has 0 aliphatic carbocycles. The largest absolute Gasteiger partial charge is 1.00 e. The molecule has 0 amide bonds. The zero-order chi connectivity index (χ0) is 14.3. The molecule has 6 nitrogen and oxygen atoms in total. The smallest absolute Gasteiger partial charge is 1.00 e. The summed E-state index contributed by atoms with van der Waals surface area (Å²) < 4.78 is 0. The third kappa shape index (κ3) is 2.61. The number of nitro groups is 1. The van der Waals surface area contributed by atoms with Gasteiger partial charge in [-0.25, -0.2) is 4.79 Å². The molecule has 100 valence electrons. The number of aromatic nitrogens is 1. The maximum Gasteiger partial charge on any atom is 1.00 e. The number of carboxylic acids is 1. The Morgan fingerprint density at radius 3 is 2.62 bits per heavy atom. The van der Waals surface area contributed by atoms with Gasteiger partial charge >= 0.3 is 35.5 Å². The number of pyridine rings is 1. The predicted molar refractivity (Wildman–Crippen MR) is 74.0 cm³/mol. The van der Waals surface area contributed by atoms with Crippen LogP contribution in [0, 0.1) is 10.1 Å². The average Bonchev–Trinajstić information content (AvgIpc) is 2.45. The molecule has 1 heterocycles. The van der Waals surface area contributed by atoms with E-state index < -0.39 is 10.9 Å². The summed E-state index contributed by atoms with van der Waals surface area (Å²) in [6, 6.07) is 7.52. The third-order valence-corrected chi connectivity index (χ3v) is 3.17. The number of aromatic carboxylic acids is 1. The Balaban J connectivity index is 0.00000121. The molecular formula is C14H9N2NaO4. The quantitative estimate of drug-likeness (QED) is 0.313. The van der Waals surface area contributed by atoms with E-state index in [-0.39, 0.29) is 42.2 Å². The van der Waals surface area contributed by atoms with E-state index in [1.54, 1.807) is 18.3 Å². The predicted octanol–water partition coefficient (Wildman–Crippen LogP) is 0.111. The van der Waals surface area contributed by atoms with Crippen LogP contribution in [0.25, 0.3) is 21.5 Å². The molecule has 1 N–H and O–H groups in total. The summed E-state index contributed by atoms with van der Waals surface area (Å²) in [6.07, 6.45) is 3.04. The molecule has 1 aromatic heterocycles. The van der Waals surface area contributed by atoms with Gasteiger partial charge in [0.1, 0.15) is 0 Å². The van der Waals surface area contributed by atoms with Crippen molar-refractivity contribution < 1.29 is 45.8 Å². The molecule has 21 heavy (non-hydrogen) atoms. The molecule has 3 aromatic rings. The van der Waals surface area contributed by atoms with Crippen molar-refractivity contribution in [2.24, 2.45) is 0 Å². The number of nitrogens with zero attached hydrogens (tertiary/aromatic N) is 2. The first-order valence-electron chi connectivity index (χ1n) is 5.76. The van der Waals surface area contributed by atoms with E-state index in [1.165, 1.54) is 24.4 Å². The maximum atomic E-state index is 11.1. The molecule has 7 heteroatoms. The molecule has 0 bridgehead atoms. The van der Waals surface area contributed by atoms with Crippen LogP contribution in [0.2, 0.25) is 0 Å². The van der Waals surface area contributed by atoms with Crippen molar-refractivity contribution in [2.45, 2.75) is 0 Å². The third-order valence-electron chi connectivity index (χ3n) is 3.17. The van der Waals surface area contributed by atoms with E-state index in [1.807, 2.05) is 0 Å². The van der Waals surface area contributed by atoms with Crippen LogP contribution in [-0.4, -0.2) is 21.0 Å². The average molecular weight is 292 g/mol. The van der Waals surface area contributed by atoms with Gasteiger partial charge in [0.05, 0.1) is 15.9 Å². The normalized spacial score (nSPS) is 10.3. The summed E-state index contributed by atoms with van der Waals surface area (Å²) in [7, 11) is 0. The van der Waals surface area contributed by atoms with Gasteiger partial charge in [-0.3, -0.25) is 15.1 Å². The second-order valence-electron chi connectivity index (χ2n) is 4.32. The van der Waals surface area contributed by atoms with Crippen LogP contribution in [0.15, 0.2) is 42.7 Å². The van der Waals surface area contributed by atoms with Gasteiger partial charge in [-0.15, -0.1) is 0 Å². The number of fused-ring (bicyclic) bond motifs is 3. The van der Waals surface area contributed by atoms with Crippen molar-refractivity contribution in [1.82, 2.24) is 4.98 Å². The van der Waals surface area contributed by atoms with Crippen LogP contribution < -0.4 is 29.6 Å². The Kier molecular flexibility index (Phi) is 4.22. The minimum absolute atomic E-state index is 0. The Morgan fingerprint density at radius 2 is 1.95 bits per heavy atom. The Hall–Kier alpha value is -2.02. The number of benzene rings is 2. The van der Waals surface area contributed by atoms with Crippen LogP contribution in [0.1, 0.15) is 11.8 Å². The van der Waals surface area contributed by atoms with Gasteiger partial charge in [0.25, 0.3) is 5.69 Å². The molecule has 0 fully saturated rings. The van der Waals surface area contributed by atoms with Crippen LogP contribution in [0.3, 0.4) is 0 Å². The van der Waals surface area contributed by atoms with E-state index in [9.17, 15) is 14.9 Å². The number of non-ortho nitro benzene ring substituents is 1. The standard InChI is InChI=1S/C14H8N2O4.Na.H/c17-14(18)8-1-2-10-9(5-8)6-13(16(19)20)11-3-4-15-7-12(10)11;;/h1-7H,(H,17,18);;/q;+1;-1. The summed E-state index contributed by atoms with van der Waals surface area (Å²) in [4.78, 5) is 25.6. The molecule has 0 aliphatic heterocycles. The van der Waals surface area contributed by atoms with E-state index in [0.717, 1.165) is 5.39 Å². The minimum Gasteiger partial charge on any atom is -1.00 e. The first-order valence-corrected chi connectivity index (χ1v) is 5.76. The van der Waals surface area contributed by atoms with E-state index in [0.29, 0.717) is 16.2 Å².